The van der Waals surface area contributed by atoms with Crippen molar-refractivity contribution in [2.24, 2.45) is 0 Å². The van der Waals surface area contributed by atoms with Crippen molar-refractivity contribution in [1.82, 2.24) is 15.0 Å². The van der Waals surface area contributed by atoms with Crippen LogP contribution in [0.25, 0.3) is 20.4 Å². The van der Waals surface area contributed by atoms with E-state index >= 15 is 0 Å². The summed E-state index contributed by atoms with van der Waals surface area (Å²) in [7, 11) is 0. The number of rotatable bonds is 5. The van der Waals surface area contributed by atoms with Crippen LogP contribution in [0.4, 0.5) is 5.82 Å². The first-order chi connectivity index (χ1) is 14.7. The largest absolute Gasteiger partial charge is 0.347 e. The molecule has 5 rings (SSSR count). The standard InChI is InChI=1S/C25H22N4S/c1-17-13-18(2)28-25-21(17)22-23(30-25)24(27-16-26-22)29(14-19-9-5-3-6-10-19)15-20-11-7-4-8-12-20/h3-13,16H,14-15H2,1-2H3. The summed E-state index contributed by atoms with van der Waals surface area (Å²) in [6, 6.07) is 23.2. The molecule has 0 fully saturated rings. The van der Waals surface area contributed by atoms with Crippen LogP contribution in [0.15, 0.2) is 73.1 Å². The molecular weight excluding hydrogens is 388 g/mol. The lowest BCUT2D eigenvalue weighted by atomic mass is 10.1. The van der Waals surface area contributed by atoms with Crippen LogP contribution in [0.2, 0.25) is 0 Å². The maximum absolute atomic E-state index is 4.77. The van der Waals surface area contributed by atoms with E-state index in [1.165, 1.54) is 16.7 Å². The van der Waals surface area contributed by atoms with Crippen LogP contribution in [-0.4, -0.2) is 15.0 Å². The minimum Gasteiger partial charge on any atom is -0.347 e. The Morgan fingerprint density at radius 2 is 1.47 bits per heavy atom. The molecule has 0 aliphatic rings. The lowest BCUT2D eigenvalue weighted by molar-refractivity contribution is 0.787. The molecule has 0 aliphatic carbocycles. The zero-order chi connectivity index (χ0) is 20.5. The van der Waals surface area contributed by atoms with Crippen molar-refractivity contribution in [2.75, 3.05) is 4.90 Å². The molecule has 0 bridgehead atoms. The molecule has 2 aromatic carbocycles. The van der Waals surface area contributed by atoms with Gasteiger partial charge in [-0.25, -0.2) is 15.0 Å². The zero-order valence-electron chi connectivity index (χ0n) is 17.0. The van der Waals surface area contributed by atoms with Crippen LogP contribution in [0.1, 0.15) is 22.4 Å². The number of nitrogens with zero attached hydrogens (tertiary/aromatic N) is 4. The van der Waals surface area contributed by atoms with Crippen molar-refractivity contribution in [3.05, 3.63) is 95.4 Å². The van der Waals surface area contributed by atoms with Gasteiger partial charge < -0.3 is 4.90 Å². The molecule has 5 aromatic rings. The van der Waals surface area contributed by atoms with E-state index in [2.05, 4.69) is 83.5 Å². The molecule has 3 aromatic heterocycles. The predicted octanol–water partition coefficient (Wildman–Crippen LogP) is 6.06. The van der Waals surface area contributed by atoms with Crippen LogP contribution in [0, 0.1) is 13.8 Å². The summed E-state index contributed by atoms with van der Waals surface area (Å²) in [5.41, 5.74) is 5.76. The van der Waals surface area contributed by atoms with Gasteiger partial charge in [-0.1, -0.05) is 60.7 Å². The Morgan fingerprint density at radius 3 is 2.10 bits per heavy atom. The normalized spacial score (nSPS) is 11.3. The molecule has 3 heterocycles. The van der Waals surface area contributed by atoms with E-state index in [9.17, 15) is 0 Å². The molecule has 148 valence electrons. The third-order valence-electron chi connectivity index (χ3n) is 5.26. The van der Waals surface area contributed by atoms with Gasteiger partial charge >= 0.3 is 0 Å². The molecule has 4 nitrogen and oxygen atoms in total. The second-order valence-electron chi connectivity index (χ2n) is 7.57. The van der Waals surface area contributed by atoms with Crippen molar-refractivity contribution in [3.8, 4) is 0 Å². The Labute approximate surface area is 179 Å². The molecule has 0 saturated heterocycles. The number of benzene rings is 2. The Morgan fingerprint density at radius 1 is 0.833 bits per heavy atom. The maximum atomic E-state index is 4.77. The average molecular weight is 411 g/mol. The highest BCUT2D eigenvalue weighted by Gasteiger charge is 2.19. The van der Waals surface area contributed by atoms with E-state index in [0.29, 0.717) is 0 Å². The van der Waals surface area contributed by atoms with Gasteiger partial charge in [-0.2, -0.15) is 0 Å². The van der Waals surface area contributed by atoms with Gasteiger partial charge in [0.05, 0.1) is 10.2 Å². The van der Waals surface area contributed by atoms with Crippen LogP contribution >= 0.6 is 11.3 Å². The van der Waals surface area contributed by atoms with E-state index in [1.807, 2.05) is 6.92 Å². The first-order valence-electron chi connectivity index (χ1n) is 10.0. The molecule has 0 N–H and O–H groups in total. The number of pyridine rings is 1. The van der Waals surface area contributed by atoms with Crippen molar-refractivity contribution in [2.45, 2.75) is 26.9 Å². The van der Waals surface area contributed by atoms with Gasteiger partial charge in [-0.05, 0) is 36.6 Å². The van der Waals surface area contributed by atoms with E-state index < -0.39 is 0 Å². The lowest BCUT2D eigenvalue weighted by Gasteiger charge is -2.24. The summed E-state index contributed by atoms with van der Waals surface area (Å²) >= 11 is 1.69. The molecule has 0 saturated carbocycles. The SMILES string of the molecule is Cc1cc(C)c2c(n1)sc1c(N(Cc3ccccc3)Cc3ccccc3)ncnc12. The monoisotopic (exact) mass is 410 g/mol. The molecule has 30 heavy (non-hydrogen) atoms. The number of fused-ring (bicyclic) bond motifs is 3. The van der Waals surface area contributed by atoms with Gasteiger partial charge in [0, 0.05) is 24.2 Å². The summed E-state index contributed by atoms with van der Waals surface area (Å²) in [4.78, 5) is 17.5. The van der Waals surface area contributed by atoms with Gasteiger partial charge in [0.1, 0.15) is 11.2 Å². The highest BCUT2D eigenvalue weighted by atomic mass is 32.1. The van der Waals surface area contributed by atoms with Gasteiger partial charge in [0.15, 0.2) is 5.82 Å². The van der Waals surface area contributed by atoms with E-state index in [-0.39, 0.29) is 0 Å². The number of aromatic nitrogens is 3. The average Bonchev–Trinajstić information content (AvgIpc) is 3.13. The Hall–Kier alpha value is -3.31. The first-order valence-corrected chi connectivity index (χ1v) is 10.8. The van der Waals surface area contributed by atoms with E-state index in [4.69, 9.17) is 9.97 Å². The fourth-order valence-corrected chi connectivity index (χ4v) is 5.20. The summed E-state index contributed by atoms with van der Waals surface area (Å²) in [5, 5.41) is 1.14. The summed E-state index contributed by atoms with van der Waals surface area (Å²) in [6.45, 7) is 5.74. The van der Waals surface area contributed by atoms with Crippen LogP contribution in [0.5, 0.6) is 0 Å². The van der Waals surface area contributed by atoms with Crippen molar-refractivity contribution >= 4 is 37.6 Å². The van der Waals surface area contributed by atoms with Crippen LogP contribution in [-0.2, 0) is 13.1 Å². The lowest BCUT2D eigenvalue weighted by Crippen LogP contribution is -2.23. The third kappa shape index (κ3) is 3.53. The number of hydrogen-bond donors (Lipinski definition) is 0. The van der Waals surface area contributed by atoms with E-state index in [0.717, 1.165) is 45.0 Å². The molecule has 0 atom stereocenters. The Balaban J connectivity index is 1.67. The number of thiophene rings is 1. The molecule has 0 unspecified atom stereocenters. The topological polar surface area (TPSA) is 41.9 Å². The van der Waals surface area contributed by atoms with Crippen molar-refractivity contribution < 1.29 is 0 Å². The van der Waals surface area contributed by atoms with E-state index in [1.54, 1.807) is 17.7 Å². The minimum absolute atomic E-state index is 0.779. The van der Waals surface area contributed by atoms with Gasteiger partial charge in [0.25, 0.3) is 0 Å². The van der Waals surface area contributed by atoms with Crippen LogP contribution in [0.3, 0.4) is 0 Å². The molecular formula is C25H22N4S. The smallest absolute Gasteiger partial charge is 0.150 e. The summed E-state index contributed by atoms with van der Waals surface area (Å²) < 4.78 is 1.10. The number of hydrogen-bond acceptors (Lipinski definition) is 5. The second-order valence-corrected chi connectivity index (χ2v) is 8.56. The highest BCUT2D eigenvalue weighted by molar-refractivity contribution is 7.26. The van der Waals surface area contributed by atoms with Gasteiger partial charge in [-0.3, -0.25) is 0 Å². The molecule has 0 spiro atoms. The first kappa shape index (κ1) is 18.7. The Bertz CT molecular complexity index is 1270. The fourth-order valence-electron chi connectivity index (χ4n) is 3.94. The minimum atomic E-state index is 0.779. The summed E-state index contributed by atoms with van der Waals surface area (Å²) in [6.07, 6.45) is 1.69. The van der Waals surface area contributed by atoms with Gasteiger partial charge in [0.2, 0.25) is 0 Å². The molecule has 0 radical (unpaired) electrons. The molecule has 0 aliphatic heterocycles. The maximum Gasteiger partial charge on any atom is 0.150 e. The number of anilines is 1. The fraction of sp³-hybridized carbons (Fsp3) is 0.160. The van der Waals surface area contributed by atoms with Gasteiger partial charge in [-0.15, -0.1) is 11.3 Å². The quantitative estimate of drug-likeness (QED) is 0.353. The van der Waals surface area contributed by atoms with Crippen molar-refractivity contribution in [1.29, 1.82) is 0 Å². The molecule has 5 heteroatoms. The third-order valence-corrected chi connectivity index (χ3v) is 6.33. The number of aryl methyl sites for hydroxylation is 2. The van der Waals surface area contributed by atoms with Crippen molar-refractivity contribution in [3.63, 3.8) is 0 Å². The highest BCUT2D eigenvalue weighted by Crippen LogP contribution is 2.38. The predicted molar refractivity (Wildman–Crippen MR) is 125 cm³/mol. The second kappa shape index (κ2) is 7.84. The molecule has 0 amide bonds. The van der Waals surface area contributed by atoms with Crippen LogP contribution < -0.4 is 4.90 Å². The Kier molecular flexibility index (Phi) is 4.89. The summed E-state index contributed by atoms with van der Waals surface area (Å²) in [5.74, 6) is 0.966. The zero-order valence-corrected chi connectivity index (χ0v) is 17.9.